The fourth-order valence-corrected chi connectivity index (χ4v) is 2.10. The largest absolute Gasteiger partial charge is 0.467 e. The highest BCUT2D eigenvalue weighted by molar-refractivity contribution is 5.94. The van der Waals surface area contributed by atoms with Crippen LogP contribution in [-0.4, -0.2) is 46.3 Å². The Morgan fingerprint density at radius 3 is 3.05 bits per heavy atom. The third-order valence-corrected chi connectivity index (χ3v) is 3.19. The van der Waals surface area contributed by atoms with Crippen LogP contribution in [0.4, 0.5) is 0 Å². The predicted octanol–water partition coefficient (Wildman–Crippen LogP) is 0.164. The van der Waals surface area contributed by atoms with Gasteiger partial charge in [0.1, 0.15) is 12.1 Å². The molecule has 0 aliphatic carbocycles. The molecule has 1 aliphatic rings. The number of hydrogen-bond acceptors (Lipinski definition) is 5. The molecule has 1 N–H and O–H groups in total. The molecule has 2 heterocycles. The van der Waals surface area contributed by atoms with Gasteiger partial charge in [-0.05, 0) is 19.8 Å². The number of esters is 1. The summed E-state index contributed by atoms with van der Waals surface area (Å²) in [6, 6.07) is -1.07. The molecule has 1 aromatic rings. The fraction of sp³-hybridized carbons (Fsp3) is 0.538. The van der Waals surface area contributed by atoms with Gasteiger partial charge in [-0.1, -0.05) is 0 Å². The highest BCUT2D eigenvalue weighted by Crippen LogP contribution is 2.15. The van der Waals surface area contributed by atoms with E-state index < -0.39 is 18.1 Å². The summed E-state index contributed by atoms with van der Waals surface area (Å²) < 4.78 is 6.48. The maximum absolute atomic E-state index is 12.0. The Balaban J connectivity index is 1.89. The molecule has 2 rings (SSSR count). The van der Waals surface area contributed by atoms with E-state index in [0.717, 1.165) is 12.1 Å². The molecule has 1 unspecified atom stereocenters. The fourth-order valence-electron chi connectivity index (χ4n) is 2.10. The first-order chi connectivity index (χ1) is 9.60. The number of nitrogens with zero attached hydrogens (tertiary/aromatic N) is 3. The number of aliphatic imine (C=N–C) groups is 1. The second-order valence-electron chi connectivity index (χ2n) is 4.74. The number of hydrogen-bond donors (Lipinski definition) is 1. The summed E-state index contributed by atoms with van der Waals surface area (Å²) in [7, 11) is 1.29. The Morgan fingerprint density at radius 2 is 2.40 bits per heavy atom. The second kappa shape index (κ2) is 6.31. The second-order valence-corrected chi connectivity index (χ2v) is 4.74. The first kappa shape index (κ1) is 14.2. The number of rotatable bonds is 5. The Kier molecular flexibility index (Phi) is 4.49. The molecule has 20 heavy (non-hydrogen) atoms. The number of ether oxygens (including phenoxy) is 1. The van der Waals surface area contributed by atoms with Crippen LogP contribution in [0.15, 0.2) is 23.7 Å². The van der Waals surface area contributed by atoms with Crippen LogP contribution >= 0.6 is 0 Å². The quantitative estimate of drug-likeness (QED) is 0.778. The molecular formula is C13H18N4O3. The Hall–Kier alpha value is -2.18. The molecule has 2 atom stereocenters. The van der Waals surface area contributed by atoms with E-state index in [2.05, 4.69) is 20.0 Å². The predicted molar refractivity (Wildman–Crippen MR) is 72.3 cm³/mol. The molecule has 0 bridgehead atoms. The van der Waals surface area contributed by atoms with E-state index in [0.29, 0.717) is 13.0 Å². The molecule has 0 radical (unpaired) electrons. The average Bonchev–Trinajstić information content (AvgIpc) is 3.09. The number of carbonyl (C=O) groups excluding carboxylic acids is 2. The average molecular weight is 278 g/mol. The van der Waals surface area contributed by atoms with Crippen molar-refractivity contribution in [3.63, 3.8) is 0 Å². The van der Waals surface area contributed by atoms with E-state index in [1.807, 2.05) is 10.8 Å². The van der Waals surface area contributed by atoms with E-state index in [1.165, 1.54) is 7.11 Å². The molecule has 0 fully saturated rings. The van der Waals surface area contributed by atoms with Crippen LogP contribution in [0.2, 0.25) is 0 Å². The summed E-state index contributed by atoms with van der Waals surface area (Å²) in [5, 5.41) is 2.61. The highest BCUT2D eigenvalue weighted by atomic mass is 16.5. The first-order valence-corrected chi connectivity index (χ1v) is 6.49. The summed E-state index contributed by atoms with van der Waals surface area (Å²) in [4.78, 5) is 31.6. The number of aromatic nitrogens is 2. The van der Waals surface area contributed by atoms with Gasteiger partial charge in [0.25, 0.3) is 0 Å². The van der Waals surface area contributed by atoms with Gasteiger partial charge in [-0.25, -0.2) is 9.78 Å². The van der Waals surface area contributed by atoms with Crippen LogP contribution in [0.1, 0.15) is 19.8 Å². The molecule has 7 nitrogen and oxygen atoms in total. The van der Waals surface area contributed by atoms with Gasteiger partial charge in [0, 0.05) is 18.1 Å². The van der Waals surface area contributed by atoms with E-state index in [1.54, 1.807) is 19.4 Å². The van der Waals surface area contributed by atoms with Crippen molar-refractivity contribution in [1.29, 1.82) is 0 Å². The van der Waals surface area contributed by atoms with Gasteiger partial charge in [0.15, 0.2) is 0 Å². The zero-order valence-corrected chi connectivity index (χ0v) is 11.6. The number of carbonyl (C=O) groups is 2. The van der Waals surface area contributed by atoms with Crippen molar-refractivity contribution in [2.45, 2.75) is 38.4 Å². The van der Waals surface area contributed by atoms with Crippen molar-refractivity contribution < 1.29 is 14.3 Å². The zero-order valence-electron chi connectivity index (χ0n) is 11.6. The first-order valence-electron chi connectivity index (χ1n) is 6.49. The Morgan fingerprint density at radius 1 is 1.60 bits per heavy atom. The number of amides is 1. The van der Waals surface area contributed by atoms with Gasteiger partial charge >= 0.3 is 5.97 Å². The minimum absolute atomic E-state index is 0.233. The summed E-state index contributed by atoms with van der Waals surface area (Å²) >= 11 is 0. The molecule has 0 saturated heterocycles. The number of imidazole rings is 1. The van der Waals surface area contributed by atoms with Crippen molar-refractivity contribution in [3.05, 3.63) is 18.7 Å². The lowest BCUT2D eigenvalue weighted by molar-refractivity contribution is -0.144. The lowest BCUT2D eigenvalue weighted by atomic mass is 10.1. The SMILES string of the molecule is COC(=O)[C@H](C)NC(=O)C1CCC(Cn2ccnc2)=N1. The van der Waals surface area contributed by atoms with Crippen LogP contribution in [0.25, 0.3) is 0 Å². The standard InChI is InChI=1S/C13H18N4O3/c1-9(13(19)20-2)15-12(18)11-4-3-10(16-11)7-17-6-5-14-8-17/h5-6,8-9,11H,3-4,7H2,1-2H3,(H,15,18)/t9-,11?/m0/s1. The maximum Gasteiger partial charge on any atom is 0.328 e. The molecule has 0 spiro atoms. The highest BCUT2D eigenvalue weighted by Gasteiger charge is 2.26. The molecule has 0 aromatic carbocycles. The smallest absolute Gasteiger partial charge is 0.328 e. The minimum atomic E-state index is -0.652. The van der Waals surface area contributed by atoms with E-state index in [4.69, 9.17) is 0 Å². The molecule has 1 amide bonds. The third kappa shape index (κ3) is 3.43. The summed E-state index contributed by atoms with van der Waals surface area (Å²) in [6.45, 7) is 2.24. The van der Waals surface area contributed by atoms with Gasteiger partial charge in [0.2, 0.25) is 5.91 Å². The van der Waals surface area contributed by atoms with Gasteiger partial charge in [-0.3, -0.25) is 9.79 Å². The maximum atomic E-state index is 12.0. The van der Waals surface area contributed by atoms with Gasteiger partial charge < -0.3 is 14.6 Å². The van der Waals surface area contributed by atoms with Crippen LogP contribution in [-0.2, 0) is 20.9 Å². The van der Waals surface area contributed by atoms with E-state index in [-0.39, 0.29) is 5.91 Å². The van der Waals surface area contributed by atoms with Gasteiger partial charge in [-0.15, -0.1) is 0 Å². The lowest BCUT2D eigenvalue weighted by Crippen LogP contribution is -2.43. The lowest BCUT2D eigenvalue weighted by Gasteiger charge is -2.13. The van der Waals surface area contributed by atoms with Crippen LogP contribution < -0.4 is 5.32 Å². The van der Waals surface area contributed by atoms with Crippen molar-refractivity contribution in [2.24, 2.45) is 4.99 Å². The van der Waals surface area contributed by atoms with Crippen LogP contribution in [0.5, 0.6) is 0 Å². The van der Waals surface area contributed by atoms with Crippen molar-refractivity contribution in [1.82, 2.24) is 14.9 Å². The number of methoxy groups -OCH3 is 1. The van der Waals surface area contributed by atoms with Crippen molar-refractivity contribution in [2.75, 3.05) is 7.11 Å². The molecule has 1 aromatic heterocycles. The van der Waals surface area contributed by atoms with Crippen LogP contribution in [0, 0.1) is 0 Å². The molecule has 1 aliphatic heterocycles. The van der Waals surface area contributed by atoms with Crippen molar-refractivity contribution in [3.8, 4) is 0 Å². The Bertz CT molecular complexity index is 510. The van der Waals surface area contributed by atoms with E-state index >= 15 is 0 Å². The van der Waals surface area contributed by atoms with E-state index in [9.17, 15) is 9.59 Å². The normalized spacial score (nSPS) is 19.3. The van der Waals surface area contributed by atoms with Gasteiger partial charge in [0.05, 0.1) is 20.0 Å². The molecule has 0 saturated carbocycles. The Labute approximate surface area is 117 Å². The monoisotopic (exact) mass is 278 g/mol. The van der Waals surface area contributed by atoms with Gasteiger partial charge in [-0.2, -0.15) is 0 Å². The number of nitrogens with one attached hydrogen (secondary N) is 1. The zero-order chi connectivity index (χ0) is 14.5. The molecule has 108 valence electrons. The molecule has 7 heteroatoms. The topological polar surface area (TPSA) is 85.6 Å². The van der Waals surface area contributed by atoms with Crippen LogP contribution in [0.3, 0.4) is 0 Å². The minimum Gasteiger partial charge on any atom is -0.467 e. The third-order valence-electron chi connectivity index (χ3n) is 3.19. The van der Waals surface area contributed by atoms with Crippen molar-refractivity contribution >= 4 is 17.6 Å². The molecular weight excluding hydrogens is 260 g/mol. The summed E-state index contributed by atoms with van der Waals surface area (Å²) in [6.07, 6.45) is 6.73. The summed E-state index contributed by atoms with van der Waals surface area (Å²) in [5.41, 5.74) is 0.967. The summed E-state index contributed by atoms with van der Waals surface area (Å²) in [5.74, 6) is -0.692.